The topological polar surface area (TPSA) is 119 Å². The predicted octanol–water partition coefficient (Wildman–Crippen LogP) is -1.14. The van der Waals surface area contributed by atoms with Crippen molar-refractivity contribution in [1.29, 1.82) is 0 Å². The predicted molar refractivity (Wildman–Crippen MR) is 54.5 cm³/mol. The van der Waals surface area contributed by atoms with Gasteiger partial charge in [-0.2, -0.15) is 0 Å². The van der Waals surface area contributed by atoms with E-state index >= 15 is 0 Å². The van der Waals surface area contributed by atoms with E-state index in [0.29, 0.717) is 0 Å². The molecule has 0 fully saturated rings. The van der Waals surface area contributed by atoms with Gasteiger partial charge < -0.3 is 20.9 Å². The Kier molecular flexibility index (Phi) is 6.86. The first-order valence-electron chi connectivity index (χ1n) is 4.89. The normalized spacial score (nSPS) is 11.6. The van der Waals surface area contributed by atoms with Crippen molar-refractivity contribution < 1.29 is 24.2 Å². The molecule has 0 aromatic rings. The van der Waals surface area contributed by atoms with Crippen molar-refractivity contribution in [3.05, 3.63) is 0 Å². The molecule has 0 aliphatic carbocycles. The molecule has 1 atom stereocenters. The molecule has 4 N–H and O–H groups in total. The third-order valence-electron chi connectivity index (χ3n) is 1.74. The molecule has 7 heteroatoms. The molecule has 1 amide bonds. The summed E-state index contributed by atoms with van der Waals surface area (Å²) in [5, 5.41) is 10.8. The highest BCUT2D eigenvalue weighted by atomic mass is 16.5. The van der Waals surface area contributed by atoms with Crippen LogP contribution < -0.4 is 11.1 Å². The number of hydrogen-bond donors (Lipinski definition) is 3. The van der Waals surface area contributed by atoms with Crippen LogP contribution >= 0.6 is 0 Å². The minimum absolute atomic E-state index is 0.0140. The SMILES string of the molecule is CCOC(=O)[C@H](CCC(=O)O)NC(=O)CN. The maximum Gasteiger partial charge on any atom is 0.328 e. The highest BCUT2D eigenvalue weighted by Gasteiger charge is 2.22. The summed E-state index contributed by atoms with van der Waals surface area (Å²) in [5.74, 6) is -2.22. The number of carboxylic acids is 1. The zero-order chi connectivity index (χ0) is 12.6. The van der Waals surface area contributed by atoms with Crippen LogP contribution in [0.4, 0.5) is 0 Å². The van der Waals surface area contributed by atoms with Gasteiger partial charge in [-0.25, -0.2) is 4.79 Å². The molecule has 0 unspecified atom stereocenters. The molecule has 0 rings (SSSR count). The van der Waals surface area contributed by atoms with Gasteiger partial charge in [0.1, 0.15) is 6.04 Å². The summed E-state index contributed by atoms with van der Waals surface area (Å²) < 4.78 is 4.69. The highest BCUT2D eigenvalue weighted by Crippen LogP contribution is 2.00. The van der Waals surface area contributed by atoms with Gasteiger partial charge in [0.25, 0.3) is 0 Å². The Morgan fingerprint density at radius 2 is 2.06 bits per heavy atom. The largest absolute Gasteiger partial charge is 0.481 e. The van der Waals surface area contributed by atoms with Gasteiger partial charge >= 0.3 is 11.9 Å². The standard InChI is InChI=1S/C9H16N2O5/c1-2-16-9(15)6(3-4-8(13)14)11-7(12)5-10/h6H,2-5,10H2,1H3,(H,11,12)(H,13,14)/t6-/m0/s1. The van der Waals surface area contributed by atoms with Crippen molar-refractivity contribution >= 4 is 17.8 Å². The van der Waals surface area contributed by atoms with E-state index in [4.69, 9.17) is 15.6 Å². The van der Waals surface area contributed by atoms with E-state index in [-0.39, 0.29) is 26.0 Å². The molecular weight excluding hydrogens is 216 g/mol. The second-order valence-corrected chi connectivity index (χ2v) is 3.01. The van der Waals surface area contributed by atoms with Crippen LogP contribution in [-0.2, 0) is 19.1 Å². The molecule has 0 heterocycles. The second-order valence-electron chi connectivity index (χ2n) is 3.01. The van der Waals surface area contributed by atoms with E-state index in [1.807, 2.05) is 0 Å². The Morgan fingerprint density at radius 1 is 1.44 bits per heavy atom. The fourth-order valence-electron chi connectivity index (χ4n) is 1.01. The number of hydrogen-bond acceptors (Lipinski definition) is 5. The molecule has 0 bridgehead atoms. The number of carbonyl (C=O) groups is 3. The number of amides is 1. The van der Waals surface area contributed by atoms with Crippen LogP contribution in [-0.4, -0.2) is 42.1 Å². The number of carbonyl (C=O) groups excluding carboxylic acids is 2. The number of carboxylic acid groups (broad SMARTS) is 1. The summed E-state index contributed by atoms with van der Waals surface area (Å²) in [4.78, 5) is 32.7. The molecule has 0 aromatic carbocycles. The first-order valence-corrected chi connectivity index (χ1v) is 4.89. The lowest BCUT2D eigenvalue weighted by atomic mass is 10.1. The van der Waals surface area contributed by atoms with Crippen LogP contribution in [0, 0.1) is 0 Å². The number of nitrogens with one attached hydrogen (secondary N) is 1. The molecule has 16 heavy (non-hydrogen) atoms. The number of aliphatic carboxylic acids is 1. The molecule has 0 aliphatic heterocycles. The first-order chi connectivity index (χ1) is 7.51. The minimum atomic E-state index is -1.05. The van der Waals surface area contributed by atoms with E-state index in [1.165, 1.54) is 0 Å². The van der Waals surface area contributed by atoms with Gasteiger partial charge in [-0.3, -0.25) is 9.59 Å². The second kappa shape index (κ2) is 7.63. The molecular formula is C9H16N2O5. The molecule has 0 saturated carbocycles. The van der Waals surface area contributed by atoms with Gasteiger partial charge in [-0.05, 0) is 13.3 Å². The molecule has 7 nitrogen and oxygen atoms in total. The maximum atomic E-state index is 11.3. The van der Waals surface area contributed by atoms with E-state index in [0.717, 1.165) is 0 Å². The molecule has 92 valence electrons. The van der Waals surface area contributed by atoms with Gasteiger partial charge in [-0.1, -0.05) is 0 Å². The van der Waals surface area contributed by atoms with E-state index in [1.54, 1.807) is 6.92 Å². The van der Waals surface area contributed by atoms with Crippen molar-refractivity contribution in [3.63, 3.8) is 0 Å². The Morgan fingerprint density at radius 3 is 2.50 bits per heavy atom. The van der Waals surface area contributed by atoms with Crippen molar-refractivity contribution in [2.45, 2.75) is 25.8 Å². The lowest BCUT2D eigenvalue weighted by Crippen LogP contribution is -2.44. The molecule has 0 aromatic heterocycles. The molecule has 0 radical (unpaired) electrons. The van der Waals surface area contributed by atoms with Crippen LogP contribution in [0.1, 0.15) is 19.8 Å². The fourth-order valence-corrected chi connectivity index (χ4v) is 1.01. The summed E-state index contributed by atoms with van der Waals surface area (Å²) in [7, 11) is 0. The number of ether oxygens (including phenoxy) is 1. The Hall–Kier alpha value is -1.63. The van der Waals surface area contributed by atoms with Crippen LogP contribution in [0.3, 0.4) is 0 Å². The third-order valence-corrected chi connectivity index (χ3v) is 1.74. The van der Waals surface area contributed by atoms with Crippen molar-refractivity contribution in [2.24, 2.45) is 5.73 Å². The minimum Gasteiger partial charge on any atom is -0.481 e. The summed E-state index contributed by atoms with van der Waals surface area (Å²) >= 11 is 0. The quantitative estimate of drug-likeness (QED) is 0.477. The van der Waals surface area contributed by atoms with Crippen LogP contribution in [0.25, 0.3) is 0 Å². The Balaban J connectivity index is 4.31. The van der Waals surface area contributed by atoms with Crippen molar-refractivity contribution in [2.75, 3.05) is 13.2 Å². The molecule has 0 aliphatic rings. The molecule has 0 saturated heterocycles. The van der Waals surface area contributed by atoms with Gasteiger partial charge in [-0.15, -0.1) is 0 Å². The molecule has 0 spiro atoms. The lowest BCUT2D eigenvalue weighted by Gasteiger charge is -2.15. The van der Waals surface area contributed by atoms with Crippen LogP contribution in [0.5, 0.6) is 0 Å². The van der Waals surface area contributed by atoms with Gasteiger partial charge in [0.2, 0.25) is 5.91 Å². The summed E-state index contributed by atoms with van der Waals surface area (Å²) in [6, 6.07) is -0.952. The van der Waals surface area contributed by atoms with E-state index in [9.17, 15) is 14.4 Å². The smallest absolute Gasteiger partial charge is 0.328 e. The summed E-state index contributed by atoms with van der Waals surface area (Å²) in [6.07, 6.45) is -0.242. The third kappa shape index (κ3) is 5.97. The number of nitrogens with two attached hydrogens (primary N) is 1. The van der Waals surface area contributed by atoms with E-state index < -0.39 is 23.9 Å². The fraction of sp³-hybridized carbons (Fsp3) is 0.667. The van der Waals surface area contributed by atoms with Crippen molar-refractivity contribution in [3.8, 4) is 0 Å². The number of esters is 1. The monoisotopic (exact) mass is 232 g/mol. The van der Waals surface area contributed by atoms with Crippen molar-refractivity contribution in [1.82, 2.24) is 5.32 Å². The zero-order valence-corrected chi connectivity index (χ0v) is 9.06. The van der Waals surface area contributed by atoms with Crippen LogP contribution in [0.2, 0.25) is 0 Å². The highest BCUT2D eigenvalue weighted by molar-refractivity contribution is 5.85. The average molecular weight is 232 g/mol. The maximum absolute atomic E-state index is 11.3. The first kappa shape index (κ1) is 14.4. The zero-order valence-electron chi connectivity index (χ0n) is 9.06. The van der Waals surface area contributed by atoms with Gasteiger partial charge in [0.15, 0.2) is 0 Å². The van der Waals surface area contributed by atoms with Gasteiger partial charge in [0, 0.05) is 6.42 Å². The lowest BCUT2D eigenvalue weighted by molar-refractivity contribution is -0.148. The summed E-state index contributed by atoms with van der Waals surface area (Å²) in [5.41, 5.74) is 5.07. The Labute approximate surface area is 92.9 Å². The summed E-state index contributed by atoms with van der Waals surface area (Å²) in [6.45, 7) is 1.53. The average Bonchev–Trinajstić information content (AvgIpc) is 2.23. The Bertz CT molecular complexity index is 267. The van der Waals surface area contributed by atoms with Crippen LogP contribution in [0.15, 0.2) is 0 Å². The number of rotatable bonds is 7. The van der Waals surface area contributed by atoms with Gasteiger partial charge in [0.05, 0.1) is 13.2 Å². The van der Waals surface area contributed by atoms with E-state index in [2.05, 4.69) is 5.32 Å².